The fourth-order valence-electron chi connectivity index (χ4n) is 9.53. The average molecular weight is 1230 g/mol. The van der Waals surface area contributed by atoms with E-state index in [-0.39, 0.29) is 26.1 Å². The van der Waals surface area contributed by atoms with Gasteiger partial charge in [0.25, 0.3) is 0 Å². The lowest BCUT2D eigenvalue weighted by molar-refractivity contribution is -0.372. The smallest absolute Gasteiger partial charge is 0.303 e. The van der Waals surface area contributed by atoms with Gasteiger partial charge in [-0.1, -0.05) is 12.8 Å². The SMILES string of the molecule is CC(=O)N[C@H]1[C@H](OCCCCCC(=O)NC[C@H]2O[C@H](O[C@H]3O[C@H](CNC(=O)CCCCCO[C@@H]4O[C@H](COC(C)=O)[C@@H](OC(C)=O)[C@H](OC(C)=O)[C@H]4NC(C)=O)[C@@H](O)[C@H](O)[C@H]3O)[C@H](O)[C@@H](O)[C@@H]2O)O[C@H](COC(C)=O)[C@@H](OC(C)=O)[C@@H]1OC(C)=O. The first-order valence-electron chi connectivity index (χ1n) is 27.7. The van der Waals surface area contributed by atoms with Gasteiger partial charge in [-0.25, -0.2) is 0 Å². The number of aliphatic hydroxyl groups is 6. The molecule has 0 unspecified atom stereocenters. The van der Waals surface area contributed by atoms with E-state index in [4.69, 9.17) is 61.6 Å². The van der Waals surface area contributed by atoms with Gasteiger partial charge in [-0.05, 0) is 25.7 Å². The Balaban J connectivity index is 1.23. The number of rotatable bonds is 30. The molecule has 4 rings (SSSR count). The first kappa shape index (κ1) is 71.7. The minimum atomic E-state index is -1.96. The van der Waals surface area contributed by atoms with E-state index in [0.717, 1.165) is 41.5 Å². The molecule has 10 N–H and O–H groups in total. The minimum absolute atomic E-state index is 0.0111. The van der Waals surface area contributed by atoms with Gasteiger partial charge in [-0.3, -0.25) is 47.9 Å². The largest absolute Gasteiger partial charge is 0.463 e. The van der Waals surface area contributed by atoms with Gasteiger partial charge < -0.3 is 113 Å². The molecule has 484 valence electrons. The lowest BCUT2D eigenvalue weighted by Crippen LogP contribution is -2.66. The second-order valence-electron chi connectivity index (χ2n) is 20.6. The van der Waals surface area contributed by atoms with Crippen LogP contribution >= 0.6 is 0 Å². The van der Waals surface area contributed by atoms with Crippen LogP contribution in [-0.4, -0.2) is 252 Å². The van der Waals surface area contributed by atoms with E-state index >= 15 is 0 Å². The number of hydrogen-bond donors (Lipinski definition) is 10. The van der Waals surface area contributed by atoms with Gasteiger partial charge in [-0.15, -0.1) is 0 Å². The maximum Gasteiger partial charge on any atom is 0.303 e. The molecule has 4 amide bonds. The molecule has 0 bridgehead atoms. The van der Waals surface area contributed by atoms with Crippen molar-refractivity contribution in [1.29, 1.82) is 0 Å². The molecule has 0 aromatic heterocycles. The Morgan fingerprint density at radius 3 is 1.02 bits per heavy atom. The molecule has 0 aliphatic carbocycles. The highest BCUT2D eigenvalue weighted by Crippen LogP contribution is 2.32. The van der Waals surface area contributed by atoms with Gasteiger partial charge in [0.15, 0.2) is 49.6 Å². The molecule has 0 aromatic rings. The van der Waals surface area contributed by atoms with Crippen molar-refractivity contribution in [3.05, 3.63) is 0 Å². The molecule has 4 saturated heterocycles. The van der Waals surface area contributed by atoms with Crippen molar-refractivity contribution in [2.24, 2.45) is 0 Å². The van der Waals surface area contributed by atoms with Crippen LogP contribution in [0.4, 0.5) is 0 Å². The first-order chi connectivity index (χ1) is 40.1. The van der Waals surface area contributed by atoms with Crippen LogP contribution in [0.15, 0.2) is 0 Å². The van der Waals surface area contributed by atoms with Crippen molar-refractivity contribution in [2.45, 2.75) is 229 Å². The summed E-state index contributed by atoms with van der Waals surface area (Å²) in [6, 6.07) is -2.35. The number of amides is 4. The fraction of sp³-hybridized carbons (Fsp3) is 0.808. The van der Waals surface area contributed by atoms with E-state index in [1.807, 2.05) is 0 Å². The third kappa shape index (κ3) is 23.1. The van der Waals surface area contributed by atoms with Crippen molar-refractivity contribution < 1.29 is 140 Å². The van der Waals surface area contributed by atoms with E-state index in [1.54, 1.807) is 0 Å². The fourth-order valence-corrected chi connectivity index (χ4v) is 9.53. The van der Waals surface area contributed by atoms with Crippen LogP contribution in [0.1, 0.15) is 107 Å². The zero-order chi connectivity index (χ0) is 63.2. The highest BCUT2D eigenvalue weighted by Gasteiger charge is 2.54. The van der Waals surface area contributed by atoms with Crippen LogP contribution in [-0.2, 0) is 110 Å². The molecular weight excluding hydrogens is 1140 g/mol. The van der Waals surface area contributed by atoms with Crippen LogP contribution in [0.2, 0.25) is 0 Å². The number of carbonyl (C=O) groups is 10. The molecule has 33 nitrogen and oxygen atoms in total. The lowest BCUT2D eigenvalue weighted by atomic mass is 9.96. The summed E-state index contributed by atoms with van der Waals surface area (Å²) in [6.45, 7) is 7.42. The maximum absolute atomic E-state index is 12.9. The molecule has 4 aliphatic rings. The summed E-state index contributed by atoms with van der Waals surface area (Å²) in [7, 11) is 0. The Kier molecular flexibility index (Phi) is 29.6. The van der Waals surface area contributed by atoms with Crippen LogP contribution in [0.25, 0.3) is 0 Å². The van der Waals surface area contributed by atoms with Gasteiger partial charge in [0.2, 0.25) is 23.6 Å². The number of ether oxygens (including phenoxy) is 13. The van der Waals surface area contributed by atoms with Crippen molar-refractivity contribution in [2.75, 3.05) is 39.5 Å². The first-order valence-corrected chi connectivity index (χ1v) is 27.7. The standard InChI is InChI=1S/C52H82N4O29/c1-23(57)55-37-47(79-29(7)63)45(77-27(5)61)33(21-75-25(3)59)83-49(37)73-17-13-9-11-15-35(65)53-19-31-39(67)41(69)43(71)51(81-31)85-52-44(72)42(70)40(68)32(82-52)20-54-36(66)16-12-10-14-18-74-50-38(56-24(2)58)48(80-30(8)64)46(78-28(6)62)34(84-50)22-76-26(4)60/h31-34,37-52,67-72H,9-22H2,1-8H3,(H,53,65)(H,54,66)(H,55,57)(H,56,58)/t31-,32-,33-,34-,37-,38-,39-,40-,41+,42+,43-,44-,45-,46-,47-,48-,49-,50-,51-,52-/m1/s1. The molecular formula is C52H82N4O29. The molecule has 4 heterocycles. The highest BCUT2D eigenvalue weighted by molar-refractivity contribution is 5.76. The Hall–Kier alpha value is -5.82. The molecule has 0 spiro atoms. The number of unbranched alkanes of at least 4 members (excludes halogenated alkanes) is 4. The van der Waals surface area contributed by atoms with Crippen LogP contribution in [0.5, 0.6) is 0 Å². The van der Waals surface area contributed by atoms with Gasteiger partial charge in [-0.2, -0.15) is 0 Å². The quantitative estimate of drug-likeness (QED) is 0.0184. The number of esters is 6. The van der Waals surface area contributed by atoms with Crippen LogP contribution < -0.4 is 21.3 Å². The van der Waals surface area contributed by atoms with E-state index in [0.29, 0.717) is 38.5 Å². The summed E-state index contributed by atoms with van der Waals surface area (Å²) < 4.78 is 72.7. The summed E-state index contributed by atoms with van der Waals surface area (Å²) in [6.07, 6.45) is -26.0. The summed E-state index contributed by atoms with van der Waals surface area (Å²) in [5.41, 5.74) is 0. The molecule has 33 heteroatoms. The van der Waals surface area contributed by atoms with Crippen molar-refractivity contribution in [1.82, 2.24) is 21.3 Å². The zero-order valence-corrected chi connectivity index (χ0v) is 48.5. The average Bonchev–Trinajstić information content (AvgIpc) is 2.74. The number of aliphatic hydroxyl groups excluding tert-OH is 6. The Labute approximate surface area is 488 Å². The van der Waals surface area contributed by atoms with Crippen LogP contribution in [0, 0.1) is 0 Å². The molecule has 0 radical (unpaired) electrons. The van der Waals surface area contributed by atoms with Crippen molar-refractivity contribution in [3.8, 4) is 0 Å². The van der Waals surface area contributed by atoms with Gasteiger partial charge in [0.1, 0.15) is 86.3 Å². The Morgan fingerprint density at radius 2 is 0.706 bits per heavy atom. The predicted molar refractivity (Wildman–Crippen MR) is 277 cm³/mol. The third-order valence-electron chi connectivity index (χ3n) is 13.4. The second kappa shape index (κ2) is 35.1. The topological polar surface area (TPSA) is 460 Å². The molecule has 20 atom stereocenters. The summed E-state index contributed by atoms with van der Waals surface area (Å²) >= 11 is 0. The number of nitrogens with one attached hydrogen (secondary N) is 4. The minimum Gasteiger partial charge on any atom is -0.463 e. The van der Waals surface area contributed by atoms with Gasteiger partial charge in [0, 0.05) is 94.5 Å². The summed E-state index contributed by atoms with van der Waals surface area (Å²) in [4.78, 5) is 122. The molecule has 0 aromatic carbocycles. The zero-order valence-electron chi connectivity index (χ0n) is 48.5. The highest BCUT2D eigenvalue weighted by atomic mass is 16.8. The predicted octanol–water partition coefficient (Wildman–Crippen LogP) is -4.68. The van der Waals surface area contributed by atoms with Gasteiger partial charge >= 0.3 is 35.8 Å². The van der Waals surface area contributed by atoms with E-state index < -0.39 is 208 Å². The second-order valence-corrected chi connectivity index (χ2v) is 20.6. The normalized spacial score (nSPS) is 32.7. The molecule has 85 heavy (non-hydrogen) atoms. The lowest BCUT2D eigenvalue weighted by Gasteiger charge is -2.45. The van der Waals surface area contributed by atoms with E-state index in [2.05, 4.69) is 21.3 Å². The third-order valence-corrected chi connectivity index (χ3v) is 13.4. The van der Waals surface area contributed by atoms with Crippen LogP contribution in [0.3, 0.4) is 0 Å². The summed E-state index contributed by atoms with van der Waals surface area (Å²) in [5, 5.41) is 74.9. The molecule has 4 fully saturated rings. The van der Waals surface area contributed by atoms with E-state index in [9.17, 15) is 78.6 Å². The maximum atomic E-state index is 12.9. The Morgan fingerprint density at radius 1 is 0.376 bits per heavy atom. The Bertz CT molecular complexity index is 2100. The van der Waals surface area contributed by atoms with E-state index in [1.165, 1.54) is 13.8 Å². The van der Waals surface area contributed by atoms with Crippen molar-refractivity contribution >= 4 is 59.4 Å². The van der Waals surface area contributed by atoms with Gasteiger partial charge in [0.05, 0.1) is 0 Å². The summed E-state index contributed by atoms with van der Waals surface area (Å²) in [5.74, 6) is -6.61. The number of hydrogen-bond acceptors (Lipinski definition) is 29. The van der Waals surface area contributed by atoms with Crippen molar-refractivity contribution in [3.63, 3.8) is 0 Å². The molecule has 4 aliphatic heterocycles. The number of carbonyl (C=O) groups excluding carboxylic acids is 10. The monoisotopic (exact) mass is 1230 g/mol. The molecule has 0 saturated carbocycles.